The molecule has 0 bridgehead atoms. The minimum Gasteiger partial charge on any atom is -0.494 e. The van der Waals surface area contributed by atoms with Gasteiger partial charge in [0.2, 0.25) is 0 Å². The van der Waals surface area contributed by atoms with Crippen LogP contribution in [0.1, 0.15) is 71.6 Å². The number of nitrogens with one attached hydrogen (secondary N) is 1. The van der Waals surface area contributed by atoms with E-state index in [-0.39, 0.29) is 0 Å². The van der Waals surface area contributed by atoms with E-state index >= 15 is 0 Å². The predicted octanol–water partition coefficient (Wildman–Crippen LogP) is 5.68. The average molecular weight is 405 g/mol. The molecule has 0 aliphatic rings. The van der Waals surface area contributed by atoms with Gasteiger partial charge >= 0.3 is 0 Å². The third-order valence-corrected chi connectivity index (χ3v) is 4.23. The zero-order chi connectivity index (χ0) is 21.9. The van der Waals surface area contributed by atoms with E-state index in [0.717, 1.165) is 43.3 Å². The SMILES string of the molecule is CC.CCNC.Cc1ccc(OCCCn2cc(CCCCC(C)C)nn2)cc1. The molecule has 1 aromatic heterocycles. The van der Waals surface area contributed by atoms with Crippen LogP contribution in [-0.2, 0) is 13.0 Å². The van der Waals surface area contributed by atoms with E-state index in [9.17, 15) is 0 Å². The maximum atomic E-state index is 5.73. The van der Waals surface area contributed by atoms with Crippen molar-refractivity contribution in [3.05, 3.63) is 41.7 Å². The molecule has 2 aromatic rings. The molecule has 1 aromatic carbocycles. The number of aromatic nitrogens is 3. The molecule has 0 atom stereocenters. The van der Waals surface area contributed by atoms with E-state index in [1.807, 2.05) is 37.7 Å². The van der Waals surface area contributed by atoms with Crippen LogP contribution in [0.25, 0.3) is 0 Å². The molecular formula is C24H44N4O. The highest BCUT2D eigenvalue weighted by Gasteiger charge is 2.02. The molecule has 0 amide bonds. The molecule has 1 N–H and O–H groups in total. The van der Waals surface area contributed by atoms with Crippen LogP contribution >= 0.6 is 0 Å². The Balaban J connectivity index is 0.00000116. The Morgan fingerprint density at radius 3 is 2.31 bits per heavy atom. The molecule has 0 saturated carbocycles. The first-order valence-corrected chi connectivity index (χ1v) is 11.3. The van der Waals surface area contributed by atoms with Crippen molar-refractivity contribution in [2.45, 2.75) is 80.2 Å². The molecule has 5 heteroatoms. The second-order valence-corrected chi connectivity index (χ2v) is 7.33. The van der Waals surface area contributed by atoms with Gasteiger partial charge < -0.3 is 10.1 Å². The van der Waals surface area contributed by atoms with Gasteiger partial charge in [0, 0.05) is 19.2 Å². The number of rotatable bonds is 11. The maximum Gasteiger partial charge on any atom is 0.119 e. The van der Waals surface area contributed by atoms with E-state index in [4.69, 9.17) is 4.74 Å². The van der Waals surface area contributed by atoms with E-state index in [0.29, 0.717) is 6.61 Å². The molecule has 0 fully saturated rings. The van der Waals surface area contributed by atoms with Crippen molar-refractivity contribution in [3.63, 3.8) is 0 Å². The number of benzene rings is 1. The van der Waals surface area contributed by atoms with Crippen molar-refractivity contribution >= 4 is 0 Å². The Labute approximate surface area is 179 Å². The molecule has 1 heterocycles. The van der Waals surface area contributed by atoms with Gasteiger partial charge in [0.25, 0.3) is 0 Å². The van der Waals surface area contributed by atoms with Crippen molar-refractivity contribution in [1.82, 2.24) is 20.3 Å². The zero-order valence-corrected chi connectivity index (χ0v) is 19.9. The zero-order valence-electron chi connectivity index (χ0n) is 19.9. The van der Waals surface area contributed by atoms with Crippen molar-refractivity contribution in [1.29, 1.82) is 0 Å². The minimum atomic E-state index is 0.701. The molecule has 29 heavy (non-hydrogen) atoms. The standard InChI is InChI=1S/C19H29N3O.C3H9N.C2H6/c1-16(2)7-4-5-8-18-15-22(21-20-18)13-6-14-23-19-11-9-17(3)10-12-19;1-3-4-2;1-2/h9-12,15-16H,4-8,13-14H2,1-3H3;4H,3H2,1-2H3;1-2H3. The first-order valence-electron chi connectivity index (χ1n) is 11.3. The molecule has 0 unspecified atom stereocenters. The molecule has 0 aliphatic carbocycles. The van der Waals surface area contributed by atoms with E-state index < -0.39 is 0 Å². The van der Waals surface area contributed by atoms with Crippen LogP contribution < -0.4 is 10.1 Å². The number of hydrogen-bond donors (Lipinski definition) is 1. The van der Waals surface area contributed by atoms with E-state index in [1.165, 1.54) is 24.8 Å². The summed E-state index contributed by atoms with van der Waals surface area (Å²) in [5.41, 5.74) is 2.36. The smallest absolute Gasteiger partial charge is 0.119 e. The molecule has 0 saturated heterocycles. The highest BCUT2D eigenvalue weighted by Crippen LogP contribution is 2.12. The number of aryl methyl sites for hydroxylation is 3. The van der Waals surface area contributed by atoms with Gasteiger partial charge in [0.05, 0.1) is 12.3 Å². The summed E-state index contributed by atoms with van der Waals surface area (Å²) in [6, 6.07) is 8.16. The summed E-state index contributed by atoms with van der Waals surface area (Å²) < 4.78 is 7.66. The molecule has 2 rings (SSSR count). The second kappa shape index (κ2) is 18.2. The molecular weight excluding hydrogens is 360 g/mol. The topological polar surface area (TPSA) is 52.0 Å². The Kier molecular flexibility index (Phi) is 17.0. The highest BCUT2D eigenvalue weighted by molar-refractivity contribution is 5.26. The third-order valence-electron chi connectivity index (χ3n) is 4.23. The lowest BCUT2D eigenvalue weighted by atomic mass is 10.0. The van der Waals surface area contributed by atoms with Crippen LogP contribution in [0.15, 0.2) is 30.5 Å². The first kappa shape index (κ1) is 27.1. The summed E-state index contributed by atoms with van der Waals surface area (Å²) in [5, 5.41) is 11.4. The van der Waals surface area contributed by atoms with Gasteiger partial charge in [-0.15, -0.1) is 5.10 Å². The summed E-state index contributed by atoms with van der Waals surface area (Å²) in [4.78, 5) is 0. The second-order valence-electron chi connectivity index (χ2n) is 7.33. The van der Waals surface area contributed by atoms with Crippen LogP contribution in [0, 0.1) is 12.8 Å². The maximum absolute atomic E-state index is 5.73. The molecule has 166 valence electrons. The van der Waals surface area contributed by atoms with Crippen LogP contribution in [0.2, 0.25) is 0 Å². The molecule has 5 nitrogen and oxygen atoms in total. The van der Waals surface area contributed by atoms with Gasteiger partial charge in [-0.25, -0.2) is 0 Å². The lowest BCUT2D eigenvalue weighted by Crippen LogP contribution is -2.05. The van der Waals surface area contributed by atoms with Gasteiger partial charge in [-0.1, -0.05) is 70.4 Å². The summed E-state index contributed by atoms with van der Waals surface area (Å²) in [5.74, 6) is 1.72. The summed E-state index contributed by atoms with van der Waals surface area (Å²) in [7, 11) is 1.93. The van der Waals surface area contributed by atoms with Crippen LogP contribution in [0.3, 0.4) is 0 Å². The first-order chi connectivity index (χ1) is 14.0. The monoisotopic (exact) mass is 404 g/mol. The van der Waals surface area contributed by atoms with Gasteiger partial charge in [0.1, 0.15) is 5.75 Å². The number of unbranched alkanes of at least 4 members (excludes halogenated alkanes) is 1. The van der Waals surface area contributed by atoms with Gasteiger partial charge in [-0.05, 0) is 51.4 Å². The Morgan fingerprint density at radius 1 is 1.07 bits per heavy atom. The highest BCUT2D eigenvalue weighted by atomic mass is 16.5. The van der Waals surface area contributed by atoms with Crippen LogP contribution in [-0.4, -0.2) is 35.2 Å². The van der Waals surface area contributed by atoms with Gasteiger partial charge in [0.15, 0.2) is 0 Å². The van der Waals surface area contributed by atoms with Crippen LogP contribution in [0.4, 0.5) is 0 Å². The lowest BCUT2D eigenvalue weighted by molar-refractivity contribution is 0.298. The number of hydrogen-bond acceptors (Lipinski definition) is 4. The summed E-state index contributed by atoms with van der Waals surface area (Å²) in [6.07, 6.45) is 7.81. The van der Waals surface area contributed by atoms with Gasteiger partial charge in [-0.2, -0.15) is 0 Å². The van der Waals surface area contributed by atoms with Crippen LogP contribution in [0.5, 0.6) is 5.75 Å². The fraction of sp³-hybridized carbons (Fsp3) is 0.667. The Bertz CT molecular complexity index is 591. The number of ether oxygens (including phenoxy) is 1. The van der Waals surface area contributed by atoms with Crippen molar-refractivity contribution in [2.75, 3.05) is 20.2 Å². The largest absolute Gasteiger partial charge is 0.494 e. The molecule has 0 radical (unpaired) electrons. The lowest BCUT2D eigenvalue weighted by Gasteiger charge is -2.06. The molecule has 0 aliphatic heterocycles. The molecule has 0 spiro atoms. The van der Waals surface area contributed by atoms with E-state index in [2.05, 4.69) is 61.7 Å². The fourth-order valence-electron chi connectivity index (χ4n) is 2.47. The Hall–Kier alpha value is -1.88. The average Bonchev–Trinajstić information content (AvgIpc) is 3.19. The number of nitrogens with zero attached hydrogens (tertiary/aromatic N) is 3. The third kappa shape index (κ3) is 14.7. The van der Waals surface area contributed by atoms with Gasteiger partial charge in [-0.3, -0.25) is 4.68 Å². The summed E-state index contributed by atoms with van der Waals surface area (Å²) in [6.45, 7) is 15.3. The quantitative estimate of drug-likeness (QED) is 0.490. The van der Waals surface area contributed by atoms with Crippen molar-refractivity contribution in [2.24, 2.45) is 5.92 Å². The summed E-state index contributed by atoms with van der Waals surface area (Å²) >= 11 is 0. The normalized spacial score (nSPS) is 10.1. The van der Waals surface area contributed by atoms with E-state index in [1.54, 1.807) is 0 Å². The minimum absolute atomic E-state index is 0.701. The Morgan fingerprint density at radius 2 is 1.72 bits per heavy atom. The van der Waals surface area contributed by atoms with Crippen molar-refractivity contribution < 1.29 is 4.74 Å². The van der Waals surface area contributed by atoms with Crippen molar-refractivity contribution in [3.8, 4) is 5.75 Å². The fourth-order valence-corrected chi connectivity index (χ4v) is 2.47. The predicted molar refractivity (Wildman–Crippen MR) is 125 cm³/mol.